The first-order valence-electron chi connectivity index (χ1n) is 5.43. The van der Waals surface area contributed by atoms with Crippen molar-refractivity contribution >= 4 is 5.78 Å². The molecule has 0 amide bonds. The van der Waals surface area contributed by atoms with Crippen LogP contribution in [0.25, 0.3) is 0 Å². The average Bonchev–Trinajstić information content (AvgIpc) is 2.52. The fourth-order valence-electron chi connectivity index (χ4n) is 2.34. The number of hydrogen-bond acceptors (Lipinski definition) is 2. The minimum Gasteiger partial charge on any atom is -0.412 e. The predicted molar refractivity (Wildman–Crippen MR) is 58.4 cm³/mol. The molecule has 0 aromatic heterocycles. The van der Waals surface area contributed by atoms with Gasteiger partial charge in [0.2, 0.25) is 0 Å². The fraction of sp³-hybridized carbons (Fsp3) is 0.909. The third-order valence-electron chi connectivity index (χ3n) is 3.04. The molecule has 0 saturated carbocycles. The topological polar surface area (TPSA) is 51.8 Å². The zero-order valence-electron chi connectivity index (χ0n) is 9.55. The van der Waals surface area contributed by atoms with Crippen LogP contribution < -0.4 is 0 Å². The van der Waals surface area contributed by atoms with E-state index in [4.69, 9.17) is 0 Å². The van der Waals surface area contributed by atoms with Gasteiger partial charge in [0, 0.05) is 6.04 Å². The molecule has 0 radical (unpaired) electrons. The Labute approximate surface area is 86.8 Å². The van der Waals surface area contributed by atoms with Crippen LogP contribution in [-0.4, -0.2) is 34.8 Å². The van der Waals surface area contributed by atoms with Gasteiger partial charge in [-0.3, -0.25) is 9.69 Å². The molecule has 2 N–H and O–H groups in total. The summed E-state index contributed by atoms with van der Waals surface area (Å²) in [6, 6.07) is 0.808. The number of nitrogens with zero attached hydrogens (tertiary/aromatic N) is 1. The lowest BCUT2D eigenvalue weighted by Gasteiger charge is -2.28. The van der Waals surface area contributed by atoms with Gasteiger partial charge in [-0.2, -0.15) is 0 Å². The Hall–Kier alpha value is -0.410. The van der Waals surface area contributed by atoms with Crippen molar-refractivity contribution in [2.75, 3.05) is 6.54 Å². The summed E-state index contributed by atoms with van der Waals surface area (Å²) in [5.41, 5.74) is 0. The second kappa shape index (κ2) is 6.14. The third kappa shape index (κ3) is 3.07. The molecule has 14 heavy (non-hydrogen) atoms. The van der Waals surface area contributed by atoms with Gasteiger partial charge in [-0.25, -0.2) is 0 Å². The normalized spacial score (nSPS) is 24.4. The maximum atomic E-state index is 11.3. The van der Waals surface area contributed by atoms with Crippen LogP contribution in [0.4, 0.5) is 0 Å². The predicted octanol–water partition coefficient (Wildman–Crippen LogP) is 1.40. The Morgan fingerprint density at radius 2 is 2.21 bits per heavy atom. The minimum atomic E-state index is 0. The summed E-state index contributed by atoms with van der Waals surface area (Å²) < 4.78 is 0. The number of rotatable bonds is 4. The summed E-state index contributed by atoms with van der Waals surface area (Å²) in [6.45, 7) is 7.28. The molecule has 0 spiro atoms. The maximum absolute atomic E-state index is 11.3. The molecule has 2 atom stereocenters. The molecular formula is C11H23NO2. The molecule has 0 aromatic carbocycles. The fourth-order valence-corrected chi connectivity index (χ4v) is 2.34. The number of Topliss-reactive ketones (excluding diaryl/α,β-unsaturated/α-hetero) is 1. The molecule has 0 bridgehead atoms. The summed E-state index contributed by atoms with van der Waals surface area (Å²) in [7, 11) is 0. The Morgan fingerprint density at radius 1 is 1.57 bits per heavy atom. The van der Waals surface area contributed by atoms with E-state index in [-0.39, 0.29) is 11.5 Å². The van der Waals surface area contributed by atoms with E-state index < -0.39 is 0 Å². The molecule has 0 aliphatic carbocycles. The third-order valence-corrected chi connectivity index (χ3v) is 3.04. The largest absolute Gasteiger partial charge is 0.412 e. The van der Waals surface area contributed by atoms with Crippen molar-refractivity contribution in [3.8, 4) is 0 Å². The lowest BCUT2D eigenvalue weighted by Crippen LogP contribution is -2.40. The van der Waals surface area contributed by atoms with Crippen LogP contribution in [0.1, 0.15) is 46.5 Å². The summed E-state index contributed by atoms with van der Waals surface area (Å²) in [4.78, 5) is 13.7. The van der Waals surface area contributed by atoms with Crippen LogP contribution >= 0.6 is 0 Å². The molecule has 1 aliphatic heterocycles. The van der Waals surface area contributed by atoms with Crippen LogP contribution in [0.15, 0.2) is 0 Å². The van der Waals surface area contributed by atoms with Crippen LogP contribution in [0, 0.1) is 0 Å². The Balaban J connectivity index is 0.00000169. The first-order valence-corrected chi connectivity index (χ1v) is 5.43. The van der Waals surface area contributed by atoms with E-state index in [9.17, 15) is 4.79 Å². The number of carbonyl (C=O) groups is 1. The van der Waals surface area contributed by atoms with Crippen molar-refractivity contribution in [3.05, 3.63) is 0 Å². The van der Waals surface area contributed by atoms with Crippen LogP contribution in [0.2, 0.25) is 0 Å². The SMILES string of the molecule is CCCC(C)N1CCC[C@@H]1C(C)=O.O. The smallest absolute Gasteiger partial charge is 0.146 e. The molecule has 1 saturated heterocycles. The van der Waals surface area contributed by atoms with E-state index in [2.05, 4.69) is 18.7 Å². The van der Waals surface area contributed by atoms with Crippen LogP contribution in [0.5, 0.6) is 0 Å². The van der Waals surface area contributed by atoms with E-state index >= 15 is 0 Å². The number of carbonyl (C=O) groups excluding carboxylic acids is 1. The molecule has 0 aromatic rings. The van der Waals surface area contributed by atoms with Gasteiger partial charge >= 0.3 is 0 Å². The van der Waals surface area contributed by atoms with Crippen molar-refractivity contribution in [3.63, 3.8) is 0 Å². The zero-order valence-corrected chi connectivity index (χ0v) is 9.55. The summed E-state index contributed by atoms with van der Waals surface area (Å²) >= 11 is 0. The van der Waals surface area contributed by atoms with Gasteiger partial charge in [0.15, 0.2) is 0 Å². The molecule has 1 heterocycles. The van der Waals surface area contributed by atoms with Crippen molar-refractivity contribution in [1.29, 1.82) is 0 Å². The zero-order chi connectivity index (χ0) is 9.84. The average molecular weight is 201 g/mol. The quantitative estimate of drug-likeness (QED) is 0.690. The summed E-state index contributed by atoms with van der Waals surface area (Å²) in [6.07, 6.45) is 4.69. The molecule has 1 aliphatic rings. The molecule has 1 fully saturated rings. The standard InChI is InChI=1S/C11H21NO.H2O/c1-4-6-9(2)12-8-5-7-11(12)10(3)13;/h9,11H,4-8H2,1-3H3;1H2/t9?,11-;/m1./s1. The van der Waals surface area contributed by atoms with E-state index in [1.54, 1.807) is 6.92 Å². The Morgan fingerprint density at radius 3 is 2.71 bits per heavy atom. The van der Waals surface area contributed by atoms with Crippen molar-refractivity contribution in [1.82, 2.24) is 4.90 Å². The maximum Gasteiger partial charge on any atom is 0.146 e. The van der Waals surface area contributed by atoms with Gasteiger partial charge in [0.05, 0.1) is 6.04 Å². The van der Waals surface area contributed by atoms with Gasteiger partial charge in [-0.1, -0.05) is 13.3 Å². The molecule has 1 rings (SSSR count). The Kier molecular flexibility index (Phi) is 5.96. The highest BCUT2D eigenvalue weighted by atomic mass is 16.1. The number of likely N-dealkylation sites (tertiary alicyclic amines) is 1. The minimum absolute atomic E-state index is 0. The van der Waals surface area contributed by atoms with Gasteiger partial charge < -0.3 is 5.48 Å². The van der Waals surface area contributed by atoms with Crippen molar-refractivity contribution in [2.24, 2.45) is 0 Å². The highest BCUT2D eigenvalue weighted by Gasteiger charge is 2.30. The van der Waals surface area contributed by atoms with E-state index in [1.807, 2.05) is 0 Å². The first kappa shape index (κ1) is 13.6. The van der Waals surface area contributed by atoms with Crippen LogP contribution in [-0.2, 0) is 4.79 Å². The second-order valence-corrected chi connectivity index (χ2v) is 4.14. The van der Waals surface area contributed by atoms with Gasteiger partial charge in [0.25, 0.3) is 0 Å². The molecule has 3 heteroatoms. The van der Waals surface area contributed by atoms with Gasteiger partial charge in [0.1, 0.15) is 5.78 Å². The lowest BCUT2D eigenvalue weighted by atomic mass is 10.1. The highest BCUT2D eigenvalue weighted by Crippen LogP contribution is 2.22. The van der Waals surface area contributed by atoms with E-state index in [0.717, 1.165) is 13.0 Å². The van der Waals surface area contributed by atoms with E-state index in [0.29, 0.717) is 11.8 Å². The second-order valence-electron chi connectivity index (χ2n) is 4.14. The monoisotopic (exact) mass is 201 g/mol. The molecule has 1 unspecified atom stereocenters. The van der Waals surface area contributed by atoms with Gasteiger partial charge in [-0.15, -0.1) is 0 Å². The molecular weight excluding hydrogens is 178 g/mol. The van der Waals surface area contributed by atoms with Gasteiger partial charge in [-0.05, 0) is 39.7 Å². The van der Waals surface area contributed by atoms with Crippen LogP contribution in [0.3, 0.4) is 0 Å². The highest BCUT2D eigenvalue weighted by molar-refractivity contribution is 5.81. The summed E-state index contributed by atoms with van der Waals surface area (Å²) in [5, 5.41) is 0. The van der Waals surface area contributed by atoms with E-state index in [1.165, 1.54) is 19.3 Å². The summed E-state index contributed by atoms with van der Waals surface area (Å²) in [5.74, 6) is 0.348. The van der Waals surface area contributed by atoms with Crippen molar-refractivity contribution in [2.45, 2.75) is 58.5 Å². The first-order chi connectivity index (χ1) is 6.16. The number of hydrogen-bond donors (Lipinski definition) is 0. The molecule has 84 valence electrons. The lowest BCUT2D eigenvalue weighted by molar-refractivity contribution is -0.121. The van der Waals surface area contributed by atoms with Crippen molar-refractivity contribution < 1.29 is 10.3 Å². The number of ketones is 1. The Bertz CT molecular complexity index is 182. The molecule has 3 nitrogen and oxygen atoms in total.